The molecule has 288 valence electrons. The molecule has 0 spiro atoms. The van der Waals surface area contributed by atoms with Crippen molar-refractivity contribution in [2.45, 2.75) is 70.1 Å². The number of nitrogens with zero attached hydrogens (tertiary/aromatic N) is 3. The van der Waals surface area contributed by atoms with Crippen molar-refractivity contribution in [3.8, 4) is 11.6 Å². The van der Waals surface area contributed by atoms with E-state index < -0.39 is 70.3 Å². The molecule has 5 N–H and O–H groups in total. The Bertz CT molecular complexity index is 2040. The number of carbonyl (C=O) groups is 1. The minimum Gasteiger partial charge on any atom is -0.493 e. The molecule has 17 heteroatoms. The van der Waals surface area contributed by atoms with E-state index in [4.69, 9.17) is 17.3 Å². The van der Waals surface area contributed by atoms with Crippen LogP contribution in [0.1, 0.15) is 44.9 Å². The maximum atomic E-state index is 14.1. The van der Waals surface area contributed by atoms with Gasteiger partial charge in [0.25, 0.3) is 0 Å². The Morgan fingerprint density at radius 3 is 2.26 bits per heavy atom. The van der Waals surface area contributed by atoms with Gasteiger partial charge in [-0.2, -0.15) is 4.31 Å². The number of nitrogens with two attached hydrogens (primary N) is 1. The summed E-state index contributed by atoms with van der Waals surface area (Å²) in [7, 11) is -4.20. The van der Waals surface area contributed by atoms with E-state index in [-0.39, 0.29) is 46.6 Å². The molecule has 4 rings (SSSR count). The molecule has 0 aliphatic carbocycles. The van der Waals surface area contributed by atoms with Crippen LogP contribution in [0.2, 0.25) is 5.02 Å². The van der Waals surface area contributed by atoms with Gasteiger partial charge >= 0.3 is 12.1 Å². The molecule has 0 radical (unpaired) electrons. The number of hydrogen-bond donors (Lipinski definition) is 4. The summed E-state index contributed by atoms with van der Waals surface area (Å²) >= 11 is 6.03. The van der Waals surface area contributed by atoms with Crippen LogP contribution in [0.3, 0.4) is 0 Å². The number of aliphatic hydroxyl groups is 1. The van der Waals surface area contributed by atoms with Crippen LogP contribution >= 0.6 is 11.6 Å². The van der Waals surface area contributed by atoms with Crippen molar-refractivity contribution in [3.63, 3.8) is 0 Å². The number of hydrogen-bond acceptors (Lipinski definition) is 8. The summed E-state index contributed by atoms with van der Waals surface area (Å²) in [6, 6.07) is 15.4. The molecule has 0 unspecified atom stereocenters. The summed E-state index contributed by atoms with van der Waals surface area (Å²) in [5.74, 6) is -2.47. The number of carbonyl (C=O) groups excluding carboxylic acids is 1. The van der Waals surface area contributed by atoms with E-state index in [0.29, 0.717) is 0 Å². The average Bonchev–Trinajstić information content (AvgIpc) is 3.32. The van der Waals surface area contributed by atoms with Gasteiger partial charge in [0.2, 0.25) is 21.8 Å². The lowest BCUT2D eigenvalue weighted by Crippen LogP contribution is -2.53. The molecule has 1 heterocycles. The zero-order chi connectivity index (χ0) is 39.2. The predicted molar refractivity (Wildman–Crippen MR) is 194 cm³/mol. The van der Waals surface area contributed by atoms with Crippen molar-refractivity contribution >= 4 is 33.2 Å². The van der Waals surface area contributed by atoms with Gasteiger partial charge in [-0.25, -0.2) is 13.2 Å². The lowest BCUT2D eigenvalue weighted by atomic mass is 9.98. The van der Waals surface area contributed by atoms with Gasteiger partial charge < -0.3 is 26.0 Å². The normalized spacial score (nSPS) is 14.0. The van der Waals surface area contributed by atoms with Gasteiger partial charge in [0.05, 0.1) is 40.5 Å². The number of nitrogen functional groups attached to an aromatic ring is 1. The number of halogens is 4. The molecule has 0 aliphatic heterocycles. The summed E-state index contributed by atoms with van der Waals surface area (Å²) < 4.78 is 73.0. The maximum Gasteiger partial charge on any atom is 0.573 e. The van der Waals surface area contributed by atoms with Crippen LogP contribution in [-0.4, -0.2) is 69.6 Å². The Morgan fingerprint density at radius 2 is 1.66 bits per heavy atom. The molecule has 0 fully saturated rings. The lowest BCUT2D eigenvalue weighted by molar-refractivity contribution is -0.274. The molecule has 53 heavy (non-hydrogen) atoms. The van der Waals surface area contributed by atoms with Crippen molar-refractivity contribution in [3.05, 3.63) is 106 Å². The van der Waals surface area contributed by atoms with Crippen molar-refractivity contribution in [2.24, 2.45) is 11.8 Å². The highest BCUT2D eigenvalue weighted by Crippen LogP contribution is 2.27. The number of amides is 1. The Hall–Kier alpha value is -4.51. The summed E-state index contributed by atoms with van der Waals surface area (Å²) in [6.45, 7) is 6.23. The largest absolute Gasteiger partial charge is 0.573 e. The van der Waals surface area contributed by atoms with E-state index >= 15 is 0 Å². The van der Waals surface area contributed by atoms with E-state index in [2.05, 4.69) is 10.1 Å². The Morgan fingerprint density at radius 1 is 1.00 bits per heavy atom. The number of sulfonamides is 1. The Labute approximate surface area is 310 Å². The highest BCUT2D eigenvalue weighted by atomic mass is 35.5. The van der Waals surface area contributed by atoms with E-state index in [1.165, 1.54) is 30.3 Å². The number of benzene rings is 3. The van der Waals surface area contributed by atoms with Crippen LogP contribution in [0.4, 0.5) is 18.9 Å². The predicted octanol–water partition coefficient (Wildman–Crippen LogP) is 5.17. The standard InChI is InChI=1S/C36H43ClF3N5O7S/c1-22(2)18-43(53(50,51)27-13-14-28(37)29(41)17-27)20-31(46)30(16-24-9-6-5-7-10-24)42-34(48)33(23(3)4)45-21-32(47)44(35(45)49)19-25-11-8-12-26(15-25)52-36(38,39)40/h5-15,17,21-23,30-31,33,46-47H,16,18-20,41H2,1-4H3,(H,42,48)/t30-,31+,33-/m0/s1. The van der Waals surface area contributed by atoms with Crippen LogP contribution in [0.5, 0.6) is 11.6 Å². The fraction of sp³-hybridized carbons (Fsp3) is 0.389. The number of nitrogens with one attached hydrogen (secondary N) is 1. The second kappa shape index (κ2) is 17.1. The number of anilines is 1. The number of aliphatic hydroxyl groups excluding tert-OH is 1. The first-order chi connectivity index (χ1) is 24.8. The van der Waals surface area contributed by atoms with Crippen molar-refractivity contribution in [1.29, 1.82) is 0 Å². The first kappa shape index (κ1) is 41.2. The fourth-order valence-electron chi connectivity index (χ4n) is 5.87. The van der Waals surface area contributed by atoms with Crippen molar-refractivity contribution < 1.29 is 41.3 Å². The highest BCUT2D eigenvalue weighted by molar-refractivity contribution is 7.89. The lowest BCUT2D eigenvalue weighted by Gasteiger charge is -2.32. The topological polar surface area (TPSA) is 169 Å². The molecule has 12 nitrogen and oxygen atoms in total. The fourth-order valence-corrected chi connectivity index (χ4v) is 7.65. The number of alkyl halides is 3. The summed E-state index contributed by atoms with van der Waals surface area (Å²) in [5, 5.41) is 25.5. The number of imidazole rings is 1. The molecule has 0 aliphatic rings. The molecule has 1 aromatic heterocycles. The van der Waals surface area contributed by atoms with E-state index in [0.717, 1.165) is 37.3 Å². The second-order valence-electron chi connectivity index (χ2n) is 13.4. The number of aromatic nitrogens is 2. The average molecular weight is 782 g/mol. The van der Waals surface area contributed by atoms with Gasteiger partial charge in [-0.1, -0.05) is 81.8 Å². The van der Waals surface area contributed by atoms with Gasteiger partial charge in [-0.15, -0.1) is 13.2 Å². The molecule has 0 saturated heterocycles. The molecule has 1 amide bonds. The Balaban J connectivity index is 1.65. The number of ether oxygens (including phenoxy) is 1. The van der Waals surface area contributed by atoms with Crippen molar-refractivity contribution in [2.75, 3.05) is 18.8 Å². The van der Waals surface area contributed by atoms with Gasteiger partial charge in [0.15, 0.2) is 0 Å². The summed E-state index contributed by atoms with van der Waals surface area (Å²) in [5.41, 5.74) is 6.07. The summed E-state index contributed by atoms with van der Waals surface area (Å²) in [6.07, 6.45) is -5.25. The van der Waals surface area contributed by atoms with Crippen molar-refractivity contribution in [1.82, 2.24) is 18.8 Å². The highest BCUT2D eigenvalue weighted by Gasteiger charge is 2.35. The van der Waals surface area contributed by atoms with E-state index in [1.54, 1.807) is 44.2 Å². The molecular formula is C36H43ClF3N5O7S. The zero-order valence-corrected chi connectivity index (χ0v) is 31.1. The second-order valence-corrected chi connectivity index (χ2v) is 15.8. The van der Waals surface area contributed by atoms with Gasteiger partial charge in [-0.05, 0) is 59.7 Å². The molecule has 4 aromatic rings. The first-order valence-electron chi connectivity index (χ1n) is 16.7. The zero-order valence-electron chi connectivity index (χ0n) is 29.5. The molecule has 0 saturated carbocycles. The maximum absolute atomic E-state index is 14.1. The first-order valence-corrected chi connectivity index (χ1v) is 18.5. The summed E-state index contributed by atoms with van der Waals surface area (Å²) in [4.78, 5) is 27.6. The third kappa shape index (κ3) is 10.8. The molecule has 3 atom stereocenters. The quantitative estimate of drug-likeness (QED) is 0.113. The van der Waals surface area contributed by atoms with E-state index in [9.17, 15) is 41.4 Å². The monoisotopic (exact) mass is 781 g/mol. The third-order valence-electron chi connectivity index (χ3n) is 8.31. The number of aromatic hydroxyl groups is 1. The van der Waals surface area contributed by atoms with Crippen LogP contribution in [-0.2, 0) is 27.8 Å². The molecular weight excluding hydrogens is 739 g/mol. The molecule has 3 aromatic carbocycles. The smallest absolute Gasteiger partial charge is 0.493 e. The third-order valence-corrected chi connectivity index (χ3v) is 10.5. The van der Waals surface area contributed by atoms with Gasteiger partial charge in [0.1, 0.15) is 11.8 Å². The van der Waals surface area contributed by atoms with Crippen LogP contribution in [0.15, 0.2) is 88.7 Å². The van der Waals surface area contributed by atoms with Crippen LogP contribution in [0, 0.1) is 11.8 Å². The van der Waals surface area contributed by atoms with Crippen LogP contribution in [0.25, 0.3) is 0 Å². The van der Waals surface area contributed by atoms with E-state index in [1.807, 2.05) is 13.8 Å². The number of rotatable bonds is 16. The minimum absolute atomic E-state index is 0.0238. The van der Waals surface area contributed by atoms with Crippen LogP contribution < -0.4 is 21.5 Å². The van der Waals surface area contributed by atoms with Gasteiger partial charge in [0, 0.05) is 13.1 Å². The Kier molecular flexibility index (Phi) is 13.3. The SMILES string of the molecule is CC(C)CN(C[C@@H](O)[C@H](Cc1ccccc1)NC(=O)[C@H](C(C)C)n1cc(O)n(Cc2cccc(OC(F)(F)F)c2)c1=O)S(=O)(=O)c1ccc(Cl)c(N)c1. The van der Waals surface area contributed by atoms with Gasteiger partial charge in [-0.3, -0.25) is 13.9 Å². The minimum atomic E-state index is -4.93. The molecule has 0 bridgehead atoms.